The number of aliphatic carboxylic acids is 2. The average Bonchev–Trinajstić information content (AvgIpc) is 3.79. The van der Waals surface area contributed by atoms with Gasteiger partial charge in [-0.15, -0.1) is 0 Å². The highest BCUT2D eigenvalue weighted by Crippen LogP contribution is 2.49. The fraction of sp³-hybridized carbons (Fsp3) is 0.533. The van der Waals surface area contributed by atoms with Crippen LogP contribution >= 0.6 is 0 Å². The van der Waals surface area contributed by atoms with Crippen molar-refractivity contribution in [3.63, 3.8) is 0 Å². The van der Waals surface area contributed by atoms with Crippen LogP contribution in [0.2, 0.25) is 0 Å². The van der Waals surface area contributed by atoms with Crippen molar-refractivity contribution in [2.24, 2.45) is 33.5 Å². The molecular formula is C30H40O8. The van der Waals surface area contributed by atoms with Gasteiger partial charge in [0.05, 0.1) is 48.1 Å². The number of hydrogen-bond acceptors (Lipinski definition) is 6. The first kappa shape index (κ1) is 29.8. The molecule has 208 valence electrons. The van der Waals surface area contributed by atoms with Gasteiger partial charge in [0.15, 0.2) is 0 Å². The topological polar surface area (TPSA) is 156 Å². The molecule has 0 saturated heterocycles. The molecule has 6 aliphatic rings. The van der Waals surface area contributed by atoms with Crippen LogP contribution in [-0.4, -0.2) is 69.0 Å². The molecule has 0 aromatic rings. The molecule has 4 bridgehead atoms. The quantitative estimate of drug-likeness (QED) is 0.287. The van der Waals surface area contributed by atoms with Gasteiger partial charge >= 0.3 is 11.9 Å². The van der Waals surface area contributed by atoms with E-state index in [4.69, 9.17) is 30.6 Å². The van der Waals surface area contributed by atoms with Crippen LogP contribution in [0.5, 0.6) is 0 Å². The Morgan fingerprint density at radius 1 is 0.579 bits per heavy atom. The fourth-order valence-electron chi connectivity index (χ4n) is 5.65. The van der Waals surface area contributed by atoms with Crippen LogP contribution < -0.4 is 0 Å². The lowest BCUT2D eigenvalue weighted by Crippen LogP contribution is -2.23. The molecule has 6 N–H and O–H groups in total. The Morgan fingerprint density at radius 2 is 0.895 bits per heavy atom. The van der Waals surface area contributed by atoms with Crippen LogP contribution in [0.25, 0.3) is 0 Å². The highest BCUT2D eigenvalue weighted by molar-refractivity contribution is 5.79. The SMILES string of the molecule is O=C(O)C12C=CC(CC1)C2.O=C(O)C12C=CC(CC1)C2.OCC1(CO)C=CC=C1.OCC1(CO)C=CC=C1. The zero-order valence-electron chi connectivity index (χ0n) is 21.7. The van der Waals surface area contributed by atoms with E-state index >= 15 is 0 Å². The number of carboxylic acid groups (broad SMARTS) is 2. The molecule has 0 aromatic heterocycles. The Kier molecular flexibility index (Phi) is 9.70. The molecule has 4 atom stereocenters. The summed E-state index contributed by atoms with van der Waals surface area (Å²) in [5, 5.41) is 52.7. The minimum absolute atomic E-state index is 0.0174. The minimum Gasteiger partial charge on any atom is -0.481 e. The molecule has 38 heavy (non-hydrogen) atoms. The zero-order valence-corrected chi connectivity index (χ0v) is 21.7. The van der Waals surface area contributed by atoms with Crippen LogP contribution in [0.15, 0.2) is 72.9 Å². The number of allylic oxidation sites excluding steroid dienone is 6. The maximum Gasteiger partial charge on any atom is 0.313 e. The summed E-state index contributed by atoms with van der Waals surface area (Å²) in [7, 11) is 0. The Hall–Kier alpha value is -2.78. The van der Waals surface area contributed by atoms with Gasteiger partial charge < -0.3 is 30.6 Å². The largest absolute Gasteiger partial charge is 0.481 e. The van der Waals surface area contributed by atoms with Crippen LogP contribution in [0, 0.1) is 33.5 Å². The molecule has 0 aromatic carbocycles. The third-order valence-corrected chi connectivity index (χ3v) is 8.51. The van der Waals surface area contributed by atoms with Crippen molar-refractivity contribution < 1.29 is 40.2 Å². The smallest absolute Gasteiger partial charge is 0.313 e. The number of rotatable bonds is 6. The second-order valence-electron chi connectivity index (χ2n) is 11.2. The molecular weight excluding hydrogens is 488 g/mol. The monoisotopic (exact) mass is 528 g/mol. The van der Waals surface area contributed by atoms with Crippen molar-refractivity contribution in [2.45, 2.75) is 38.5 Å². The predicted molar refractivity (Wildman–Crippen MR) is 143 cm³/mol. The van der Waals surface area contributed by atoms with E-state index in [9.17, 15) is 9.59 Å². The summed E-state index contributed by atoms with van der Waals surface area (Å²) in [6.45, 7) is -0.0694. The Balaban J connectivity index is 0.000000141. The van der Waals surface area contributed by atoms with Crippen molar-refractivity contribution >= 4 is 11.9 Å². The van der Waals surface area contributed by atoms with E-state index in [1.165, 1.54) is 0 Å². The molecule has 4 unspecified atom stereocenters. The van der Waals surface area contributed by atoms with E-state index in [0.29, 0.717) is 11.8 Å². The van der Waals surface area contributed by atoms with Crippen molar-refractivity contribution in [1.82, 2.24) is 0 Å². The summed E-state index contributed by atoms with van der Waals surface area (Å²) in [5.41, 5.74) is -1.85. The van der Waals surface area contributed by atoms with Crippen molar-refractivity contribution in [3.05, 3.63) is 72.9 Å². The van der Waals surface area contributed by atoms with Crippen molar-refractivity contribution in [2.75, 3.05) is 26.4 Å². The second-order valence-corrected chi connectivity index (χ2v) is 11.2. The third kappa shape index (κ3) is 6.43. The molecule has 0 aliphatic heterocycles. The Morgan fingerprint density at radius 3 is 1.00 bits per heavy atom. The van der Waals surface area contributed by atoms with E-state index < -0.39 is 33.6 Å². The molecule has 0 radical (unpaired) electrons. The van der Waals surface area contributed by atoms with E-state index in [1.54, 1.807) is 24.3 Å². The molecule has 0 amide bonds. The molecule has 6 rings (SSSR count). The van der Waals surface area contributed by atoms with E-state index in [1.807, 2.05) is 36.5 Å². The lowest BCUT2D eigenvalue weighted by Gasteiger charge is -2.17. The third-order valence-electron chi connectivity index (χ3n) is 8.51. The van der Waals surface area contributed by atoms with Gasteiger partial charge in [-0.25, -0.2) is 0 Å². The first-order valence-corrected chi connectivity index (χ1v) is 13.1. The number of carbonyl (C=O) groups is 2. The predicted octanol–water partition coefficient (Wildman–Crippen LogP) is 3.02. The van der Waals surface area contributed by atoms with Gasteiger partial charge in [0, 0.05) is 0 Å². The van der Waals surface area contributed by atoms with Crippen molar-refractivity contribution in [3.8, 4) is 0 Å². The maximum atomic E-state index is 10.7. The first-order valence-electron chi connectivity index (χ1n) is 13.1. The van der Waals surface area contributed by atoms with Gasteiger partial charge in [-0.1, -0.05) is 72.9 Å². The van der Waals surface area contributed by atoms with E-state index in [2.05, 4.69) is 12.2 Å². The van der Waals surface area contributed by atoms with Gasteiger partial charge in [-0.3, -0.25) is 9.59 Å². The molecule has 6 aliphatic carbocycles. The molecule has 8 heteroatoms. The number of aliphatic hydroxyl groups is 4. The lowest BCUT2D eigenvalue weighted by atomic mass is 9.88. The lowest BCUT2D eigenvalue weighted by molar-refractivity contribution is -0.146. The van der Waals surface area contributed by atoms with Crippen LogP contribution in [0.3, 0.4) is 0 Å². The number of aliphatic hydroxyl groups excluding tert-OH is 4. The average molecular weight is 529 g/mol. The van der Waals surface area contributed by atoms with Crippen LogP contribution in [-0.2, 0) is 9.59 Å². The maximum absolute atomic E-state index is 10.7. The zero-order chi connectivity index (χ0) is 27.9. The van der Waals surface area contributed by atoms with Crippen LogP contribution in [0.4, 0.5) is 0 Å². The molecule has 2 fully saturated rings. The van der Waals surface area contributed by atoms with Gasteiger partial charge in [-0.2, -0.15) is 0 Å². The van der Waals surface area contributed by atoms with Crippen molar-refractivity contribution in [1.29, 1.82) is 0 Å². The van der Waals surface area contributed by atoms with E-state index in [0.717, 1.165) is 38.5 Å². The Labute approximate surface area is 223 Å². The summed E-state index contributed by atoms with van der Waals surface area (Å²) in [4.78, 5) is 21.5. The molecule has 0 heterocycles. The summed E-state index contributed by atoms with van der Waals surface area (Å²) in [6, 6.07) is 0. The van der Waals surface area contributed by atoms with Gasteiger partial charge in [0.2, 0.25) is 0 Å². The summed E-state index contributed by atoms with van der Waals surface area (Å²) >= 11 is 0. The van der Waals surface area contributed by atoms with Crippen LogP contribution in [0.1, 0.15) is 38.5 Å². The Bertz CT molecular complexity index is 917. The molecule has 8 nitrogen and oxygen atoms in total. The van der Waals surface area contributed by atoms with Gasteiger partial charge in [0.25, 0.3) is 0 Å². The first-order chi connectivity index (χ1) is 18.1. The highest BCUT2D eigenvalue weighted by Gasteiger charge is 2.47. The normalized spacial score (nSPS) is 32.4. The summed E-state index contributed by atoms with van der Waals surface area (Å²) < 4.78 is 0. The standard InChI is InChI=1S/2C8H10O2.2C7H10O2/c2*9-7(10)8-3-1-6(5-8)2-4-8;2*8-5-7(6-9)3-1-2-4-7/h2*1,3,6H,2,4-5H2,(H,9,10);2*1-4,8-9H,5-6H2. The second kappa shape index (κ2) is 12.4. The van der Waals surface area contributed by atoms with E-state index in [-0.39, 0.29) is 26.4 Å². The molecule has 2 saturated carbocycles. The fourth-order valence-corrected chi connectivity index (χ4v) is 5.65. The number of hydrogen-bond donors (Lipinski definition) is 6. The van der Waals surface area contributed by atoms with Gasteiger partial charge in [-0.05, 0) is 50.4 Å². The molecule has 0 spiro atoms. The summed E-state index contributed by atoms with van der Waals surface area (Å²) in [6.07, 6.45) is 27.9. The number of fused-ring (bicyclic) bond motifs is 4. The number of carboxylic acids is 2. The van der Waals surface area contributed by atoms with Gasteiger partial charge in [0.1, 0.15) is 0 Å². The summed E-state index contributed by atoms with van der Waals surface area (Å²) in [5.74, 6) is -0.139. The minimum atomic E-state index is -0.635. The highest BCUT2D eigenvalue weighted by atomic mass is 16.4.